The van der Waals surface area contributed by atoms with Crippen molar-refractivity contribution in [3.8, 4) is 0 Å². The van der Waals surface area contributed by atoms with Gasteiger partial charge in [0.05, 0.1) is 6.54 Å². The first-order valence-corrected chi connectivity index (χ1v) is 5.45. The zero-order valence-corrected chi connectivity index (χ0v) is 9.90. The van der Waals surface area contributed by atoms with Crippen LogP contribution >= 0.6 is 11.6 Å². The van der Waals surface area contributed by atoms with Crippen molar-refractivity contribution in [2.75, 3.05) is 18.4 Å². The Morgan fingerprint density at radius 3 is 3.18 bits per heavy atom. The van der Waals surface area contributed by atoms with Crippen LogP contribution in [0.1, 0.15) is 6.92 Å². The summed E-state index contributed by atoms with van der Waals surface area (Å²) in [6.45, 7) is 2.59. The Hall–Kier alpha value is -1.89. The molecular weight excluding hydrogens is 244 g/mol. The number of fused-ring (bicyclic) bond motifs is 1. The average molecular weight is 255 g/mol. The number of aromatic nitrogens is 4. The molecule has 0 spiro atoms. The van der Waals surface area contributed by atoms with Crippen molar-refractivity contribution in [3.05, 3.63) is 17.5 Å². The first-order chi connectivity index (χ1) is 8.20. The summed E-state index contributed by atoms with van der Waals surface area (Å²) in [4.78, 5) is 19.2. The topological polar surface area (TPSA) is 84.2 Å². The lowest BCUT2D eigenvalue weighted by atomic mass is 10.5. The van der Waals surface area contributed by atoms with Gasteiger partial charge in [0.15, 0.2) is 0 Å². The number of hydrogen-bond donors (Lipinski definition) is 2. The summed E-state index contributed by atoms with van der Waals surface area (Å²) >= 11 is 5.82. The summed E-state index contributed by atoms with van der Waals surface area (Å²) in [5.74, 6) is 0.855. The minimum absolute atomic E-state index is 0.103. The molecule has 0 aliphatic carbocycles. The minimum Gasteiger partial charge on any atom is -0.361 e. The van der Waals surface area contributed by atoms with Crippen LogP contribution in [0.3, 0.4) is 0 Å². The van der Waals surface area contributed by atoms with Crippen LogP contribution < -0.4 is 10.6 Å². The van der Waals surface area contributed by atoms with Crippen molar-refractivity contribution in [1.29, 1.82) is 0 Å². The molecule has 0 bridgehead atoms. The van der Waals surface area contributed by atoms with Gasteiger partial charge in [-0.2, -0.15) is 19.6 Å². The third-order valence-corrected chi connectivity index (χ3v) is 2.22. The average Bonchev–Trinajstić information content (AvgIpc) is 2.74. The Labute approximate surface area is 102 Å². The molecule has 0 fully saturated rings. The van der Waals surface area contributed by atoms with Crippen molar-refractivity contribution in [2.24, 2.45) is 0 Å². The van der Waals surface area contributed by atoms with Crippen LogP contribution in [0.5, 0.6) is 0 Å². The van der Waals surface area contributed by atoms with E-state index in [9.17, 15) is 4.79 Å². The molecule has 2 heterocycles. The predicted molar refractivity (Wildman–Crippen MR) is 63.0 cm³/mol. The molecule has 2 N–H and O–H groups in total. The van der Waals surface area contributed by atoms with Gasteiger partial charge in [-0.25, -0.2) is 0 Å². The summed E-state index contributed by atoms with van der Waals surface area (Å²) in [5.41, 5.74) is 0. The zero-order valence-electron chi connectivity index (χ0n) is 9.14. The number of anilines is 1. The highest BCUT2D eigenvalue weighted by molar-refractivity contribution is 6.29. The van der Waals surface area contributed by atoms with Gasteiger partial charge >= 0.3 is 0 Å². The van der Waals surface area contributed by atoms with Gasteiger partial charge < -0.3 is 10.6 Å². The smallest absolute Gasteiger partial charge is 0.255 e. The fourth-order valence-electron chi connectivity index (χ4n) is 1.34. The molecule has 0 saturated heterocycles. The molecule has 0 aromatic carbocycles. The standard InChI is InChI=1S/C9H11ClN6O/c1-2-11-8(17)4-12-7-3-6(10)15-9-13-5-14-16(7)9/h3,5,12H,2,4H2,1H3,(H,11,17). The number of amides is 1. The molecule has 8 heteroatoms. The Bertz CT molecular complexity index is 539. The number of carbonyl (C=O) groups excluding carboxylic acids is 1. The lowest BCUT2D eigenvalue weighted by Crippen LogP contribution is -2.29. The minimum atomic E-state index is -0.103. The summed E-state index contributed by atoms with van der Waals surface area (Å²) in [6.07, 6.45) is 1.37. The lowest BCUT2D eigenvalue weighted by Gasteiger charge is -2.07. The summed E-state index contributed by atoms with van der Waals surface area (Å²) in [5, 5.41) is 9.87. The van der Waals surface area contributed by atoms with Crippen molar-refractivity contribution in [3.63, 3.8) is 0 Å². The van der Waals surface area contributed by atoms with Crippen LogP contribution in [0.2, 0.25) is 5.15 Å². The maximum absolute atomic E-state index is 11.3. The second-order valence-corrected chi connectivity index (χ2v) is 3.63. The van der Waals surface area contributed by atoms with Gasteiger partial charge in [-0.15, -0.1) is 0 Å². The number of nitrogens with zero attached hydrogens (tertiary/aromatic N) is 4. The molecule has 0 unspecified atom stereocenters. The van der Waals surface area contributed by atoms with Gasteiger partial charge in [0.2, 0.25) is 5.91 Å². The Kier molecular flexibility index (Phi) is 3.38. The lowest BCUT2D eigenvalue weighted by molar-refractivity contribution is -0.119. The van der Waals surface area contributed by atoms with Gasteiger partial charge in [0.25, 0.3) is 5.78 Å². The summed E-state index contributed by atoms with van der Waals surface area (Å²) in [7, 11) is 0. The van der Waals surface area contributed by atoms with Crippen LogP contribution in [0.25, 0.3) is 5.78 Å². The molecule has 0 saturated carbocycles. The molecule has 2 rings (SSSR count). The van der Waals surface area contributed by atoms with Crippen LogP contribution in [-0.4, -0.2) is 38.6 Å². The molecule has 0 atom stereocenters. The maximum Gasteiger partial charge on any atom is 0.255 e. The molecule has 17 heavy (non-hydrogen) atoms. The van der Waals surface area contributed by atoms with Gasteiger partial charge in [-0.1, -0.05) is 11.6 Å². The van der Waals surface area contributed by atoms with E-state index in [4.69, 9.17) is 11.6 Å². The van der Waals surface area contributed by atoms with E-state index in [0.29, 0.717) is 23.3 Å². The van der Waals surface area contributed by atoms with Gasteiger partial charge in [0.1, 0.15) is 17.3 Å². The van der Waals surface area contributed by atoms with E-state index in [1.807, 2.05) is 6.92 Å². The molecule has 7 nitrogen and oxygen atoms in total. The normalized spacial score (nSPS) is 10.5. The SMILES string of the molecule is CCNC(=O)CNc1cc(Cl)nc2ncnn12. The highest BCUT2D eigenvalue weighted by Gasteiger charge is 2.07. The van der Waals surface area contributed by atoms with Crippen LogP contribution in [-0.2, 0) is 4.79 Å². The first kappa shape index (κ1) is 11.6. The summed E-state index contributed by atoms with van der Waals surface area (Å²) in [6, 6.07) is 1.59. The zero-order chi connectivity index (χ0) is 12.3. The van der Waals surface area contributed by atoms with Crippen LogP contribution in [0.4, 0.5) is 5.82 Å². The van der Waals surface area contributed by atoms with Gasteiger partial charge in [0, 0.05) is 12.6 Å². The maximum atomic E-state index is 11.3. The van der Waals surface area contributed by atoms with Gasteiger partial charge in [-0.05, 0) is 6.92 Å². The molecule has 2 aromatic rings. The number of nitrogens with one attached hydrogen (secondary N) is 2. The van der Waals surface area contributed by atoms with E-state index >= 15 is 0 Å². The predicted octanol–water partition coefficient (Wildman–Crippen LogP) is 0.326. The number of hydrogen-bond acceptors (Lipinski definition) is 5. The summed E-state index contributed by atoms with van der Waals surface area (Å²) < 4.78 is 1.48. The van der Waals surface area contributed by atoms with Gasteiger partial charge in [-0.3, -0.25) is 4.79 Å². The van der Waals surface area contributed by atoms with E-state index in [1.54, 1.807) is 6.07 Å². The Balaban J connectivity index is 2.17. The van der Waals surface area contributed by atoms with Crippen molar-refractivity contribution < 1.29 is 4.79 Å². The van der Waals surface area contributed by atoms with Crippen molar-refractivity contribution in [1.82, 2.24) is 24.9 Å². The number of likely N-dealkylation sites (N-methyl/N-ethyl adjacent to an activating group) is 1. The molecule has 1 amide bonds. The van der Waals surface area contributed by atoms with E-state index in [2.05, 4.69) is 25.7 Å². The molecule has 0 aliphatic heterocycles. The van der Waals surface area contributed by atoms with E-state index < -0.39 is 0 Å². The Morgan fingerprint density at radius 1 is 1.59 bits per heavy atom. The largest absolute Gasteiger partial charge is 0.361 e. The fourth-order valence-corrected chi connectivity index (χ4v) is 1.52. The number of carbonyl (C=O) groups is 1. The Morgan fingerprint density at radius 2 is 2.41 bits per heavy atom. The van der Waals surface area contributed by atoms with E-state index in [1.165, 1.54) is 10.8 Å². The van der Waals surface area contributed by atoms with Crippen molar-refractivity contribution in [2.45, 2.75) is 6.92 Å². The highest BCUT2D eigenvalue weighted by atomic mass is 35.5. The van der Waals surface area contributed by atoms with Crippen molar-refractivity contribution >= 4 is 29.1 Å². The van der Waals surface area contributed by atoms with E-state index in [-0.39, 0.29) is 12.5 Å². The molecule has 0 aliphatic rings. The molecule has 90 valence electrons. The first-order valence-electron chi connectivity index (χ1n) is 5.07. The number of rotatable bonds is 4. The second kappa shape index (κ2) is 4.96. The number of halogens is 1. The fraction of sp³-hybridized carbons (Fsp3) is 0.333. The van der Waals surface area contributed by atoms with Crippen LogP contribution in [0, 0.1) is 0 Å². The molecule has 0 radical (unpaired) electrons. The second-order valence-electron chi connectivity index (χ2n) is 3.24. The van der Waals surface area contributed by atoms with Crippen LogP contribution in [0.15, 0.2) is 12.4 Å². The van der Waals surface area contributed by atoms with E-state index in [0.717, 1.165) is 0 Å². The quantitative estimate of drug-likeness (QED) is 0.768. The highest BCUT2D eigenvalue weighted by Crippen LogP contribution is 2.13. The third kappa shape index (κ3) is 2.62. The monoisotopic (exact) mass is 254 g/mol. The molecule has 2 aromatic heterocycles. The third-order valence-electron chi connectivity index (χ3n) is 2.02. The molecular formula is C9H11ClN6O.